The van der Waals surface area contributed by atoms with Crippen molar-refractivity contribution in [2.45, 2.75) is 38.8 Å². The van der Waals surface area contributed by atoms with E-state index in [0.29, 0.717) is 39.7 Å². The Bertz CT molecular complexity index is 1080. The lowest BCUT2D eigenvalue weighted by Crippen LogP contribution is -2.25. The minimum absolute atomic E-state index is 0.102. The van der Waals surface area contributed by atoms with Gasteiger partial charge in [0.1, 0.15) is 5.75 Å². The molecule has 8 nitrogen and oxygen atoms in total. The van der Waals surface area contributed by atoms with Crippen molar-refractivity contribution in [2.24, 2.45) is 0 Å². The number of carbonyl (C=O) groups is 1. The second kappa shape index (κ2) is 8.31. The maximum Gasteiger partial charge on any atom is 0.251 e. The van der Waals surface area contributed by atoms with Gasteiger partial charge in [-0.15, -0.1) is 0 Å². The summed E-state index contributed by atoms with van der Waals surface area (Å²) in [4.78, 5) is 21.1. The van der Waals surface area contributed by atoms with Gasteiger partial charge < -0.3 is 15.4 Å². The smallest absolute Gasteiger partial charge is 0.251 e. The standard InChI is InChI=1S/C21H23ClN6O2/c1-12(2)28-11-14(9-24-28)19-16(22)10-23-21(27-19)26-17-7-4-13(8-18(17)30-3)20(29)25-15-5-6-15/h4,7-12,15H,5-6H2,1-3H3,(H,25,29)(H,23,26,27). The number of nitrogens with one attached hydrogen (secondary N) is 2. The van der Waals surface area contributed by atoms with Crippen molar-refractivity contribution >= 4 is 29.1 Å². The minimum Gasteiger partial charge on any atom is -0.495 e. The van der Waals surface area contributed by atoms with Crippen molar-refractivity contribution in [3.05, 3.63) is 47.4 Å². The van der Waals surface area contributed by atoms with Crippen molar-refractivity contribution in [2.75, 3.05) is 12.4 Å². The predicted octanol–water partition coefficient (Wildman–Crippen LogP) is 4.22. The van der Waals surface area contributed by atoms with Crippen LogP contribution in [0.5, 0.6) is 5.75 Å². The van der Waals surface area contributed by atoms with Gasteiger partial charge in [0.2, 0.25) is 5.95 Å². The van der Waals surface area contributed by atoms with E-state index in [9.17, 15) is 4.79 Å². The highest BCUT2D eigenvalue weighted by atomic mass is 35.5. The number of amides is 1. The van der Waals surface area contributed by atoms with Gasteiger partial charge in [0.25, 0.3) is 5.91 Å². The third-order valence-electron chi connectivity index (χ3n) is 4.77. The van der Waals surface area contributed by atoms with Gasteiger partial charge in [-0.05, 0) is 44.9 Å². The monoisotopic (exact) mass is 426 g/mol. The zero-order valence-corrected chi connectivity index (χ0v) is 17.8. The van der Waals surface area contributed by atoms with Gasteiger partial charge >= 0.3 is 0 Å². The number of nitrogens with zero attached hydrogens (tertiary/aromatic N) is 4. The lowest BCUT2D eigenvalue weighted by atomic mass is 10.1. The van der Waals surface area contributed by atoms with Crippen molar-refractivity contribution < 1.29 is 9.53 Å². The molecule has 156 valence electrons. The zero-order chi connectivity index (χ0) is 21.3. The van der Waals surface area contributed by atoms with E-state index in [1.165, 1.54) is 0 Å². The molecule has 9 heteroatoms. The number of anilines is 2. The summed E-state index contributed by atoms with van der Waals surface area (Å²) in [7, 11) is 1.55. The topological polar surface area (TPSA) is 94.0 Å². The fourth-order valence-electron chi connectivity index (χ4n) is 2.93. The quantitative estimate of drug-likeness (QED) is 0.587. The van der Waals surface area contributed by atoms with Gasteiger partial charge in [-0.25, -0.2) is 9.97 Å². The molecule has 0 unspecified atom stereocenters. The van der Waals surface area contributed by atoms with Crippen LogP contribution in [0.15, 0.2) is 36.8 Å². The van der Waals surface area contributed by atoms with Gasteiger partial charge in [-0.3, -0.25) is 9.48 Å². The van der Waals surface area contributed by atoms with E-state index in [4.69, 9.17) is 16.3 Å². The first-order valence-electron chi connectivity index (χ1n) is 9.77. The second-order valence-electron chi connectivity index (χ2n) is 7.48. The molecule has 1 aliphatic carbocycles. The normalized spacial score (nSPS) is 13.4. The lowest BCUT2D eigenvalue weighted by molar-refractivity contribution is 0.0951. The third kappa shape index (κ3) is 4.38. The van der Waals surface area contributed by atoms with E-state index in [1.54, 1.807) is 37.7 Å². The molecule has 4 rings (SSSR count). The molecule has 0 aliphatic heterocycles. The van der Waals surface area contributed by atoms with E-state index in [1.807, 2.05) is 24.7 Å². The summed E-state index contributed by atoms with van der Waals surface area (Å²) < 4.78 is 7.30. The van der Waals surface area contributed by atoms with Gasteiger partial charge in [-0.2, -0.15) is 5.10 Å². The number of rotatable bonds is 7. The highest BCUT2D eigenvalue weighted by Gasteiger charge is 2.24. The van der Waals surface area contributed by atoms with Crippen molar-refractivity contribution in [3.8, 4) is 17.0 Å². The number of ether oxygens (including phenoxy) is 1. The van der Waals surface area contributed by atoms with Crippen LogP contribution in [0.4, 0.5) is 11.6 Å². The van der Waals surface area contributed by atoms with E-state index in [-0.39, 0.29) is 11.9 Å². The number of hydrogen-bond donors (Lipinski definition) is 2. The Kier molecular flexibility index (Phi) is 5.59. The van der Waals surface area contributed by atoms with Crippen molar-refractivity contribution in [1.82, 2.24) is 25.1 Å². The summed E-state index contributed by atoms with van der Waals surface area (Å²) in [6.45, 7) is 4.10. The predicted molar refractivity (Wildman–Crippen MR) is 115 cm³/mol. The summed E-state index contributed by atoms with van der Waals surface area (Å²) in [6.07, 6.45) is 7.24. The SMILES string of the molecule is COc1cc(C(=O)NC2CC2)ccc1Nc1ncc(Cl)c(-c2cnn(C(C)C)c2)n1. The molecule has 30 heavy (non-hydrogen) atoms. The van der Waals surface area contributed by atoms with Crippen molar-refractivity contribution in [3.63, 3.8) is 0 Å². The molecule has 3 aromatic rings. The highest BCUT2D eigenvalue weighted by Crippen LogP contribution is 2.31. The molecule has 0 radical (unpaired) electrons. The first-order valence-corrected chi connectivity index (χ1v) is 10.2. The van der Waals surface area contributed by atoms with E-state index in [0.717, 1.165) is 18.4 Å². The number of halogens is 1. The molecular weight excluding hydrogens is 404 g/mol. The van der Waals surface area contributed by atoms with Gasteiger partial charge in [0, 0.05) is 29.4 Å². The van der Waals surface area contributed by atoms with Crippen molar-refractivity contribution in [1.29, 1.82) is 0 Å². The van der Waals surface area contributed by atoms with Crippen LogP contribution < -0.4 is 15.4 Å². The molecular formula is C21H23ClN6O2. The third-order valence-corrected chi connectivity index (χ3v) is 5.05. The molecule has 1 aromatic carbocycles. The molecule has 2 aromatic heterocycles. The largest absolute Gasteiger partial charge is 0.495 e. The Hall–Kier alpha value is -3.13. The molecule has 0 spiro atoms. The maximum atomic E-state index is 12.3. The first-order chi connectivity index (χ1) is 14.4. The molecule has 1 fully saturated rings. The minimum atomic E-state index is -0.102. The fourth-order valence-corrected chi connectivity index (χ4v) is 3.13. The Labute approximate surface area is 179 Å². The average molecular weight is 427 g/mol. The molecule has 0 bridgehead atoms. The molecule has 0 atom stereocenters. The summed E-state index contributed by atoms with van der Waals surface area (Å²) in [5.74, 6) is 0.779. The summed E-state index contributed by atoms with van der Waals surface area (Å²) in [6, 6.07) is 5.74. The molecule has 1 aliphatic rings. The van der Waals surface area contributed by atoms with Gasteiger partial charge in [-0.1, -0.05) is 11.6 Å². The van der Waals surface area contributed by atoms with Crippen LogP contribution in [0.3, 0.4) is 0 Å². The van der Waals surface area contributed by atoms with Gasteiger partial charge in [0.05, 0.1) is 35.9 Å². The van der Waals surface area contributed by atoms with E-state index >= 15 is 0 Å². The Morgan fingerprint density at radius 2 is 2.10 bits per heavy atom. The van der Waals surface area contributed by atoms with Crippen LogP contribution >= 0.6 is 11.6 Å². The Balaban J connectivity index is 1.58. The van der Waals surface area contributed by atoms with Crippen LogP contribution in [0, 0.1) is 0 Å². The van der Waals surface area contributed by atoms with Crippen LogP contribution in [-0.4, -0.2) is 38.8 Å². The Morgan fingerprint density at radius 1 is 1.30 bits per heavy atom. The summed E-state index contributed by atoms with van der Waals surface area (Å²) >= 11 is 6.32. The van der Waals surface area contributed by atoms with Crippen LogP contribution in [-0.2, 0) is 0 Å². The van der Waals surface area contributed by atoms with Crippen LogP contribution in [0.25, 0.3) is 11.3 Å². The zero-order valence-electron chi connectivity index (χ0n) is 17.0. The number of benzene rings is 1. The van der Waals surface area contributed by atoms with Crippen LogP contribution in [0.1, 0.15) is 43.1 Å². The second-order valence-corrected chi connectivity index (χ2v) is 7.89. The molecule has 0 saturated heterocycles. The number of carbonyl (C=O) groups excluding carboxylic acids is 1. The number of hydrogen-bond acceptors (Lipinski definition) is 6. The van der Waals surface area contributed by atoms with E-state index < -0.39 is 0 Å². The number of methoxy groups -OCH3 is 1. The van der Waals surface area contributed by atoms with Crippen LogP contribution in [0.2, 0.25) is 5.02 Å². The van der Waals surface area contributed by atoms with Gasteiger partial charge in [0.15, 0.2) is 0 Å². The fraction of sp³-hybridized carbons (Fsp3) is 0.333. The lowest BCUT2D eigenvalue weighted by Gasteiger charge is -2.13. The Morgan fingerprint density at radius 3 is 2.77 bits per heavy atom. The van der Waals surface area contributed by atoms with E-state index in [2.05, 4.69) is 25.7 Å². The highest BCUT2D eigenvalue weighted by molar-refractivity contribution is 6.32. The maximum absolute atomic E-state index is 12.3. The summed E-state index contributed by atoms with van der Waals surface area (Å²) in [5.41, 5.74) is 2.58. The average Bonchev–Trinajstić information content (AvgIpc) is 3.40. The molecule has 1 saturated carbocycles. The molecule has 2 heterocycles. The first kappa shape index (κ1) is 20.2. The number of aromatic nitrogens is 4. The summed E-state index contributed by atoms with van der Waals surface area (Å²) in [5, 5.41) is 10.9. The molecule has 2 N–H and O–H groups in total. The molecule has 1 amide bonds.